The molecule has 0 N–H and O–H groups in total. The first kappa shape index (κ1) is 25.5. The van der Waals surface area contributed by atoms with Crippen molar-refractivity contribution in [1.82, 2.24) is 15.0 Å². The molecule has 206 valence electrons. The highest BCUT2D eigenvalue weighted by atomic mass is 32.1. The van der Waals surface area contributed by atoms with Crippen LogP contribution in [0.2, 0.25) is 0 Å². The smallest absolute Gasteiger partial charge is 0.160 e. The Balaban J connectivity index is 1.28. The quantitative estimate of drug-likeness (QED) is 0.214. The minimum Gasteiger partial charge on any atom is -0.259 e. The predicted molar refractivity (Wildman–Crippen MR) is 178 cm³/mol. The van der Waals surface area contributed by atoms with Gasteiger partial charge in [0, 0.05) is 32.9 Å². The van der Waals surface area contributed by atoms with Crippen molar-refractivity contribution in [3.63, 3.8) is 0 Å². The minimum absolute atomic E-state index is 0.323. The van der Waals surface area contributed by atoms with Gasteiger partial charge in [0.2, 0.25) is 0 Å². The normalized spacial score (nSPS) is 15.1. The number of allylic oxidation sites excluding steroid dienone is 2. The maximum absolute atomic E-state index is 5.23. The highest BCUT2D eigenvalue weighted by Gasteiger charge is 2.20. The van der Waals surface area contributed by atoms with E-state index in [0.717, 1.165) is 70.6 Å². The zero-order chi connectivity index (χ0) is 28.2. The zero-order valence-electron chi connectivity index (χ0n) is 24.0. The molecule has 0 spiro atoms. The van der Waals surface area contributed by atoms with Crippen LogP contribution in [0.3, 0.4) is 0 Å². The maximum Gasteiger partial charge on any atom is 0.160 e. The van der Waals surface area contributed by atoms with E-state index in [1.807, 2.05) is 17.6 Å². The van der Waals surface area contributed by atoms with Gasteiger partial charge in [0.1, 0.15) is 0 Å². The number of fused-ring (bicyclic) bond motifs is 6. The van der Waals surface area contributed by atoms with Crippen molar-refractivity contribution in [3.05, 3.63) is 89.8 Å². The summed E-state index contributed by atoms with van der Waals surface area (Å²) >= 11 is 1.82. The largest absolute Gasteiger partial charge is 0.259 e. The van der Waals surface area contributed by atoms with Crippen LogP contribution in [0.4, 0.5) is 5.69 Å². The molecule has 0 bridgehead atoms. The van der Waals surface area contributed by atoms with E-state index in [9.17, 15) is 0 Å². The number of pyridine rings is 1. The van der Waals surface area contributed by atoms with E-state index in [2.05, 4.69) is 86.7 Å². The number of thiophene rings is 1. The lowest BCUT2D eigenvalue weighted by Gasteiger charge is -2.17. The molecule has 0 fully saturated rings. The van der Waals surface area contributed by atoms with Gasteiger partial charge in [-0.2, -0.15) is 0 Å². The van der Waals surface area contributed by atoms with Crippen molar-refractivity contribution < 1.29 is 0 Å². The van der Waals surface area contributed by atoms with Gasteiger partial charge in [-0.3, -0.25) is 9.98 Å². The minimum atomic E-state index is 0.323. The molecule has 0 atom stereocenters. The Morgan fingerprint density at radius 2 is 1.62 bits per heavy atom. The van der Waals surface area contributed by atoms with Crippen LogP contribution in [-0.2, 0) is 6.42 Å². The summed E-state index contributed by atoms with van der Waals surface area (Å²) < 4.78 is 2.48. The SMILES string of the molecule is CC(C)c1cc(-c2ccc(-c3nc(C4=CCCCC4)c4sc5ccccc5c4n3)cc2)c2ccc3c(c2n1)N=CCC3. The monoisotopic (exact) mass is 564 g/mol. The number of aryl methyl sites for hydroxylation is 1. The Hall–Kier alpha value is -4.22. The molecule has 0 unspecified atom stereocenters. The van der Waals surface area contributed by atoms with Gasteiger partial charge in [-0.15, -0.1) is 11.3 Å². The summed E-state index contributed by atoms with van der Waals surface area (Å²) in [4.78, 5) is 20.3. The van der Waals surface area contributed by atoms with E-state index in [4.69, 9.17) is 19.9 Å². The van der Waals surface area contributed by atoms with Crippen LogP contribution >= 0.6 is 11.3 Å². The topological polar surface area (TPSA) is 51.0 Å². The summed E-state index contributed by atoms with van der Waals surface area (Å²) in [6, 6.07) is 24.1. The Morgan fingerprint density at radius 1 is 0.762 bits per heavy atom. The molecule has 0 amide bonds. The number of benzene rings is 3. The van der Waals surface area contributed by atoms with Gasteiger partial charge in [0.05, 0.1) is 27.1 Å². The predicted octanol–water partition coefficient (Wildman–Crippen LogP) is 10.5. The van der Waals surface area contributed by atoms with Gasteiger partial charge in [-0.1, -0.05) is 74.5 Å². The molecular formula is C37H32N4S. The van der Waals surface area contributed by atoms with Crippen molar-refractivity contribution in [2.24, 2.45) is 4.99 Å². The summed E-state index contributed by atoms with van der Waals surface area (Å²) in [5.74, 6) is 1.12. The third kappa shape index (κ3) is 4.26. The second-order valence-electron chi connectivity index (χ2n) is 11.8. The fourth-order valence-electron chi connectivity index (χ4n) is 6.38. The third-order valence-corrected chi connectivity index (χ3v) is 9.85. The molecule has 2 aliphatic rings. The molecule has 0 saturated carbocycles. The first-order chi connectivity index (χ1) is 20.6. The fraction of sp³-hybridized carbons (Fsp3) is 0.243. The summed E-state index contributed by atoms with van der Waals surface area (Å²) in [6.07, 6.45) is 11.1. The number of hydrogen-bond donors (Lipinski definition) is 0. The second kappa shape index (κ2) is 10.2. The Labute approximate surface area is 249 Å². The summed E-state index contributed by atoms with van der Waals surface area (Å²) in [6.45, 7) is 4.42. The molecule has 0 radical (unpaired) electrons. The van der Waals surface area contributed by atoms with Gasteiger partial charge in [0.25, 0.3) is 0 Å². The second-order valence-corrected chi connectivity index (χ2v) is 12.8. The molecule has 6 aromatic rings. The fourth-order valence-corrected chi connectivity index (χ4v) is 7.55. The van der Waals surface area contributed by atoms with Crippen LogP contribution in [0.25, 0.3) is 59.3 Å². The van der Waals surface area contributed by atoms with Gasteiger partial charge in [0.15, 0.2) is 5.82 Å². The lowest BCUT2D eigenvalue weighted by molar-refractivity contribution is 0.740. The molecule has 5 heteroatoms. The van der Waals surface area contributed by atoms with Crippen LogP contribution < -0.4 is 0 Å². The van der Waals surface area contributed by atoms with E-state index < -0.39 is 0 Å². The lowest BCUT2D eigenvalue weighted by Crippen LogP contribution is -2.00. The highest BCUT2D eigenvalue weighted by molar-refractivity contribution is 7.26. The van der Waals surface area contributed by atoms with Gasteiger partial charge >= 0.3 is 0 Å². The molecule has 3 aromatic carbocycles. The summed E-state index contributed by atoms with van der Waals surface area (Å²) in [5.41, 5.74) is 11.4. The van der Waals surface area contributed by atoms with Crippen LogP contribution in [0.15, 0.2) is 77.8 Å². The summed E-state index contributed by atoms with van der Waals surface area (Å²) in [7, 11) is 0. The standard InChI is InChI=1S/C37H32N4S/c1-22(2)30-21-29(27-19-18-25-11-8-20-38-32(25)34(27)39-30)23-14-16-26(17-15-23)37-40-33(24-9-4-3-5-10-24)36-35(41-37)28-12-6-7-13-31(28)42-36/h6-7,9,12-22H,3-5,8,10-11H2,1-2H3. The van der Waals surface area contributed by atoms with Crippen LogP contribution in [-0.4, -0.2) is 21.2 Å². The van der Waals surface area contributed by atoms with Crippen molar-refractivity contribution >= 4 is 60.0 Å². The van der Waals surface area contributed by atoms with E-state index in [-0.39, 0.29) is 0 Å². The Bertz CT molecular complexity index is 2060. The summed E-state index contributed by atoms with van der Waals surface area (Å²) in [5, 5.41) is 2.37. The molecule has 4 nitrogen and oxygen atoms in total. The van der Waals surface area contributed by atoms with E-state index in [1.165, 1.54) is 49.9 Å². The number of aliphatic imine (C=N–C) groups is 1. The molecule has 4 heterocycles. The molecule has 1 aliphatic carbocycles. The van der Waals surface area contributed by atoms with E-state index in [1.54, 1.807) is 0 Å². The van der Waals surface area contributed by atoms with Gasteiger partial charge in [-0.05, 0) is 78.8 Å². The van der Waals surface area contributed by atoms with Crippen LogP contribution in [0.5, 0.6) is 0 Å². The first-order valence-corrected chi connectivity index (χ1v) is 15.9. The van der Waals surface area contributed by atoms with Gasteiger partial charge < -0.3 is 0 Å². The first-order valence-electron chi connectivity index (χ1n) is 15.1. The molecule has 3 aromatic heterocycles. The maximum atomic E-state index is 5.23. The molecular weight excluding hydrogens is 533 g/mol. The average Bonchev–Trinajstić information content (AvgIpc) is 3.43. The molecule has 8 rings (SSSR count). The van der Waals surface area contributed by atoms with Crippen molar-refractivity contribution in [2.75, 3.05) is 0 Å². The van der Waals surface area contributed by atoms with Crippen LogP contribution in [0.1, 0.15) is 68.8 Å². The van der Waals surface area contributed by atoms with E-state index in [0.29, 0.717) is 5.92 Å². The number of rotatable bonds is 4. The molecule has 42 heavy (non-hydrogen) atoms. The van der Waals surface area contributed by atoms with Crippen LogP contribution in [0, 0.1) is 0 Å². The Kier molecular flexibility index (Phi) is 6.22. The van der Waals surface area contributed by atoms with Crippen molar-refractivity contribution in [3.8, 4) is 22.5 Å². The van der Waals surface area contributed by atoms with Gasteiger partial charge in [-0.25, -0.2) is 9.97 Å². The van der Waals surface area contributed by atoms with Crippen molar-refractivity contribution in [2.45, 2.75) is 58.3 Å². The highest BCUT2D eigenvalue weighted by Crippen LogP contribution is 2.41. The lowest BCUT2D eigenvalue weighted by atomic mass is 9.94. The van der Waals surface area contributed by atoms with E-state index >= 15 is 0 Å². The average molecular weight is 565 g/mol. The van der Waals surface area contributed by atoms with Crippen molar-refractivity contribution in [1.29, 1.82) is 0 Å². The Morgan fingerprint density at radius 3 is 2.45 bits per heavy atom. The number of nitrogens with zero attached hydrogens (tertiary/aromatic N) is 4. The number of hydrogen-bond acceptors (Lipinski definition) is 5. The third-order valence-electron chi connectivity index (χ3n) is 8.68. The molecule has 0 saturated heterocycles. The number of aromatic nitrogens is 3. The molecule has 1 aliphatic heterocycles. The zero-order valence-corrected chi connectivity index (χ0v) is 24.8.